The zero-order chi connectivity index (χ0) is 13.1. The minimum Gasteiger partial charge on any atom is -0.453 e. The van der Waals surface area contributed by atoms with Gasteiger partial charge < -0.3 is 4.42 Å². The summed E-state index contributed by atoms with van der Waals surface area (Å²) in [7, 11) is 0. The molecule has 0 spiro atoms. The van der Waals surface area contributed by atoms with Crippen molar-refractivity contribution in [3.05, 3.63) is 62.5 Å². The summed E-state index contributed by atoms with van der Waals surface area (Å²) >= 11 is 6.78. The zero-order valence-electron chi connectivity index (χ0n) is 9.18. The van der Waals surface area contributed by atoms with Crippen LogP contribution in [0.5, 0.6) is 0 Å². The first-order valence-corrected chi connectivity index (χ1v) is 6.90. The van der Waals surface area contributed by atoms with E-state index in [1.165, 1.54) is 12.1 Å². The predicted molar refractivity (Wildman–Crippen MR) is 74.9 cm³/mol. The molecule has 0 aliphatic rings. The Balaban J connectivity index is 2.07. The molecule has 94 valence electrons. The number of halogens is 2. The highest BCUT2D eigenvalue weighted by Gasteiger charge is 2.13. The van der Waals surface area contributed by atoms with Crippen LogP contribution in [-0.2, 0) is 6.42 Å². The van der Waals surface area contributed by atoms with Gasteiger partial charge in [0.1, 0.15) is 5.76 Å². The zero-order valence-corrected chi connectivity index (χ0v) is 12.3. The summed E-state index contributed by atoms with van der Waals surface area (Å²) in [6, 6.07) is 10.2. The molecule has 1 atom stereocenters. The minimum absolute atomic E-state index is 0.0465. The Morgan fingerprint density at radius 3 is 2.39 bits per heavy atom. The molecule has 4 nitrogen and oxygen atoms in total. The fourth-order valence-corrected chi connectivity index (χ4v) is 2.50. The molecule has 1 aromatic heterocycles. The molecule has 0 saturated carbocycles. The van der Waals surface area contributed by atoms with Crippen molar-refractivity contribution in [3.8, 4) is 0 Å². The Kier molecular flexibility index (Phi) is 4.19. The highest BCUT2D eigenvalue weighted by molar-refractivity contribution is 9.10. The van der Waals surface area contributed by atoms with E-state index in [4.69, 9.17) is 4.42 Å². The SMILES string of the molecule is O=[N+]([O-])c1ccc(CC(Br)c2ccc(Br)o2)cc1. The molecule has 6 heteroatoms. The number of hydrogen-bond acceptors (Lipinski definition) is 3. The van der Waals surface area contributed by atoms with Crippen LogP contribution in [0.4, 0.5) is 5.69 Å². The molecule has 1 unspecified atom stereocenters. The second-order valence-electron chi connectivity index (χ2n) is 3.74. The third-order valence-electron chi connectivity index (χ3n) is 2.46. The summed E-state index contributed by atoms with van der Waals surface area (Å²) in [4.78, 5) is 10.2. The van der Waals surface area contributed by atoms with Gasteiger partial charge in [0, 0.05) is 12.1 Å². The lowest BCUT2D eigenvalue weighted by Crippen LogP contribution is -1.94. The number of alkyl halides is 1. The lowest BCUT2D eigenvalue weighted by Gasteiger charge is -2.06. The lowest BCUT2D eigenvalue weighted by atomic mass is 10.1. The first-order chi connectivity index (χ1) is 8.56. The molecule has 1 aromatic carbocycles. The molecule has 2 aromatic rings. The highest BCUT2D eigenvalue weighted by Crippen LogP contribution is 2.30. The van der Waals surface area contributed by atoms with E-state index in [-0.39, 0.29) is 10.5 Å². The number of rotatable bonds is 4. The van der Waals surface area contributed by atoms with Gasteiger partial charge in [-0.15, -0.1) is 0 Å². The maximum absolute atomic E-state index is 10.5. The molecular formula is C12H9Br2NO3. The molecule has 0 saturated heterocycles. The van der Waals surface area contributed by atoms with Crippen LogP contribution < -0.4 is 0 Å². The van der Waals surface area contributed by atoms with Crippen LogP contribution in [0.3, 0.4) is 0 Å². The lowest BCUT2D eigenvalue weighted by molar-refractivity contribution is -0.384. The van der Waals surface area contributed by atoms with E-state index < -0.39 is 4.92 Å². The molecule has 2 rings (SSSR count). The maximum Gasteiger partial charge on any atom is 0.269 e. The van der Waals surface area contributed by atoms with Gasteiger partial charge in [0.05, 0.1) is 9.75 Å². The number of nitrogens with zero attached hydrogens (tertiary/aromatic N) is 1. The van der Waals surface area contributed by atoms with Crippen molar-refractivity contribution in [3.63, 3.8) is 0 Å². The molecule has 0 N–H and O–H groups in total. The number of furan rings is 1. The molecule has 0 aliphatic carbocycles. The fourth-order valence-electron chi connectivity index (χ4n) is 1.56. The van der Waals surface area contributed by atoms with E-state index >= 15 is 0 Å². The van der Waals surface area contributed by atoms with Gasteiger partial charge in [-0.25, -0.2) is 0 Å². The Hall–Kier alpha value is -1.14. The van der Waals surface area contributed by atoms with Crippen molar-refractivity contribution in [2.75, 3.05) is 0 Å². The average molecular weight is 375 g/mol. The van der Waals surface area contributed by atoms with Crippen LogP contribution in [0.2, 0.25) is 0 Å². The minimum atomic E-state index is -0.404. The van der Waals surface area contributed by atoms with Gasteiger partial charge in [0.15, 0.2) is 4.67 Å². The van der Waals surface area contributed by atoms with Crippen molar-refractivity contribution in [2.45, 2.75) is 11.2 Å². The highest BCUT2D eigenvalue weighted by atomic mass is 79.9. The van der Waals surface area contributed by atoms with E-state index in [0.29, 0.717) is 11.1 Å². The number of non-ortho nitro benzene ring substituents is 1. The summed E-state index contributed by atoms with van der Waals surface area (Å²) in [5, 5.41) is 10.5. The van der Waals surface area contributed by atoms with Crippen molar-refractivity contribution in [1.29, 1.82) is 0 Å². The van der Waals surface area contributed by atoms with Gasteiger partial charge in [0.2, 0.25) is 0 Å². The third kappa shape index (κ3) is 3.20. The smallest absolute Gasteiger partial charge is 0.269 e. The normalized spacial score (nSPS) is 12.3. The standard InChI is InChI=1S/C12H9Br2NO3/c13-10(11-5-6-12(14)18-11)7-8-1-3-9(4-2-8)15(16)17/h1-6,10H,7H2. The van der Waals surface area contributed by atoms with Gasteiger partial charge in [-0.3, -0.25) is 10.1 Å². The third-order valence-corrected chi connectivity index (χ3v) is 3.67. The summed E-state index contributed by atoms with van der Waals surface area (Å²) in [6.45, 7) is 0. The van der Waals surface area contributed by atoms with Crippen LogP contribution >= 0.6 is 31.9 Å². The maximum atomic E-state index is 10.5. The quantitative estimate of drug-likeness (QED) is 0.445. The van der Waals surface area contributed by atoms with Gasteiger partial charge >= 0.3 is 0 Å². The molecule has 18 heavy (non-hydrogen) atoms. The van der Waals surface area contributed by atoms with E-state index in [2.05, 4.69) is 31.9 Å². The molecule has 0 bridgehead atoms. The summed E-state index contributed by atoms with van der Waals surface area (Å²) < 4.78 is 6.13. The van der Waals surface area contributed by atoms with E-state index in [9.17, 15) is 10.1 Å². The van der Waals surface area contributed by atoms with Gasteiger partial charge in [-0.2, -0.15) is 0 Å². The Morgan fingerprint density at radius 2 is 1.89 bits per heavy atom. The molecule has 0 fully saturated rings. The second-order valence-corrected chi connectivity index (χ2v) is 5.62. The molecule has 0 radical (unpaired) electrons. The van der Waals surface area contributed by atoms with Crippen molar-refractivity contribution >= 4 is 37.5 Å². The number of nitro benzene ring substituents is 1. The van der Waals surface area contributed by atoms with Crippen molar-refractivity contribution in [1.82, 2.24) is 0 Å². The number of hydrogen-bond donors (Lipinski definition) is 0. The Morgan fingerprint density at radius 1 is 1.22 bits per heavy atom. The van der Waals surface area contributed by atoms with Gasteiger partial charge in [-0.1, -0.05) is 28.1 Å². The Bertz CT molecular complexity index is 551. The van der Waals surface area contributed by atoms with E-state index in [1.807, 2.05) is 12.1 Å². The van der Waals surface area contributed by atoms with Crippen molar-refractivity contribution in [2.24, 2.45) is 0 Å². The summed E-state index contributed by atoms with van der Waals surface area (Å²) in [6.07, 6.45) is 0.706. The van der Waals surface area contributed by atoms with Gasteiger partial charge in [-0.05, 0) is 40.0 Å². The van der Waals surface area contributed by atoms with Gasteiger partial charge in [0.25, 0.3) is 5.69 Å². The van der Waals surface area contributed by atoms with Crippen LogP contribution in [0.15, 0.2) is 45.5 Å². The molecule has 1 heterocycles. The number of nitro groups is 1. The Labute approximate surface area is 120 Å². The molecule has 0 aliphatic heterocycles. The summed E-state index contributed by atoms with van der Waals surface area (Å²) in [5.74, 6) is 0.820. The average Bonchev–Trinajstić information content (AvgIpc) is 2.76. The molecular weight excluding hydrogens is 366 g/mol. The first-order valence-electron chi connectivity index (χ1n) is 5.19. The van der Waals surface area contributed by atoms with Crippen LogP contribution in [0.25, 0.3) is 0 Å². The topological polar surface area (TPSA) is 56.3 Å². The molecule has 0 amide bonds. The first kappa shape index (κ1) is 13.3. The number of benzene rings is 1. The summed E-state index contributed by atoms with van der Waals surface area (Å²) in [5.41, 5.74) is 1.11. The van der Waals surface area contributed by atoms with Crippen LogP contribution in [0.1, 0.15) is 16.2 Å². The van der Waals surface area contributed by atoms with E-state index in [1.54, 1.807) is 12.1 Å². The second kappa shape index (κ2) is 5.67. The monoisotopic (exact) mass is 373 g/mol. The van der Waals surface area contributed by atoms with Crippen molar-refractivity contribution < 1.29 is 9.34 Å². The largest absolute Gasteiger partial charge is 0.453 e. The fraction of sp³-hybridized carbons (Fsp3) is 0.167. The predicted octanol–water partition coefficient (Wildman–Crippen LogP) is 4.63. The van der Waals surface area contributed by atoms with Crippen LogP contribution in [-0.4, -0.2) is 4.92 Å². The van der Waals surface area contributed by atoms with Crippen LogP contribution in [0, 0.1) is 10.1 Å². The van der Waals surface area contributed by atoms with E-state index in [0.717, 1.165) is 11.3 Å².